The van der Waals surface area contributed by atoms with Crippen molar-refractivity contribution >= 4 is 23.7 Å². The molecule has 2 rings (SSSR count). The number of carbonyl (C=O) groups is 1. The Labute approximate surface area is 138 Å². The Morgan fingerprint density at radius 3 is 2.82 bits per heavy atom. The number of aliphatic imine (C=N–C) groups is 1. The van der Waals surface area contributed by atoms with E-state index in [2.05, 4.69) is 38.6 Å². The van der Waals surface area contributed by atoms with Crippen molar-refractivity contribution in [2.45, 2.75) is 50.2 Å². The molecule has 6 heteroatoms. The van der Waals surface area contributed by atoms with Gasteiger partial charge < -0.3 is 15.0 Å². The van der Waals surface area contributed by atoms with E-state index in [-0.39, 0.29) is 5.97 Å². The van der Waals surface area contributed by atoms with Crippen molar-refractivity contribution in [2.75, 3.05) is 39.0 Å². The number of nitrogens with zero attached hydrogens (tertiary/aromatic N) is 2. The molecule has 0 bridgehead atoms. The number of nitrogens with one attached hydrogen (secondary N) is 1. The van der Waals surface area contributed by atoms with E-state index in [1.54, 1.807) is 0 Å². The number of hydrogen-bond donors (Lipinski definition) is 1. The molecule has 1 aliphatic heterocycles. The van der Waals surface area contributed by atoms with E-state index in [9.17, 15) is 4.79 Å². The van der Waals surface area contributed by atoms with Gasteiger partial charge >= 0.3 is 5.97 Å². The third kappa shape index (κ3) is 4.80. The van der Waals surface area contributed by atoms with Gasteiger partial charge in [-0.15, -0.1) is 0 Å². The van der Waals surface area contributed by atoms with Gasteiger partial charge in [-0.3, -0.25) is 9.79 Å². The van der Waals surface area contributed by atoms with Crippen molar-refractivity contribution in [3.8, 4) is 0 Å². The van der Waals surface area contributed by atoms with E-state index in [1.807, 2.05) is 0 Å². The van der Waals surface area contributed by atoms with Gasteiger partial charge in [-0.25, -0.2) is 0 Å². The molecular formula is C16H29N3O2S. The van der Waals surface area contributed by atoms with Crippen molar-refractivity contribution in [1.29, 1.82) is 0 Å². The standard InChI is InChI=1S/C16H29N3O2S/c1-3-17-15(18-10-7-14(20)21-2)19-11-12-22-16(13-19)8-5-4-6-9-16/h3-13H2,1-2H3,(H,17,18). The summed E-state index contributed by atoms with van der Waals surface area (Å²) in [4.78, 5) is 18.3. The lowest BCUT2D eigenvalue weighted by atomic mass is 9.87. The molecule has 0 aromatic carbocycles. The Hall–Kier alpha value is -0.910. The van der Waals surface area contributed by atoms with Crippen LogP contribution < -0.4 is 5.32 Å². The SMILES string of the molecule is CCNC(=NCCC(=O)OC)N1CCSC2(CCCCC2)C1. The van der Waals surface area contributed by atoms with Crippen LogP contribution in [0.15, 0.2) is 4.99 Å². The van der Waals surface area contributed by atoms with Crippen LogP contribution in [0.5, 0.6) is 0 Å². The van der Waals surface area contributed by atoms with Gasteiger partial charge in [0.05, 0.1) is 20.1 Å². The van der Waals surface area contributed by atoms with E-state index in [0.717, 1.165) is 25.6 Å². The third-order valence-electron chi connectivity index (χ3n) is 4.45. The minimum atomic E-state index is -0.197. The van der Waals surface area contributed by atoms with Gasteiger partial charge in [0.15, 0.2) is 5.96 Å². The summed E-state index contributed by atoms with van der Waals surface area (Å²) < 4.78 is 5.11. The molecule has 1 saturated carbocycles. The second kappa shape index (κ2) is 8.65. The molecule has 0 amide bonds. The van der Waals surface area contributed by atoms with Gasteiger partial charge in [-0.1, -0.05) is 19.3 Å². The normalized spacial score (nSPS) is 21.7. The Bertz CT molecular complexity index is 389. The first-order valence-corrected chi connectivity index (χ1v) is 9.42. The maximum absolute atomic E-state index is 11.2. The summed E-state index contributed by atoms with van der Waals surface area (Å²) in [6.07, 6.45) is 7.11. The molecule has 1 spiro atoms. The van der Waals surface area contributed by atoms with Crippen LogP contribution in [-0.2, 0) is 9.53 Å². The topological polar surface area (TPSA) is 53.9 Å². The van der Waals surface area contributed by atoms with Gasteiger partial charge in [-0.05, 0) is 19.8 Å². The quantitative estimate of drug-likeness (QED) is 0.488. The summed E-state index contributed by atoms with van der Waals surface area (Å²) in [6.45, 7) is 5.56. The zero-order valence-electron chi connectivity index (χ0n) is 13.9. The maximum atomic E-state index is 11.2. The molecule has 2 fully saturated rings. The van der Waals surface area contributed by atoms with Gasteiger partial charge in [0.2, 0.25) is 0 Å². The van der Waals surface area contributed by atoms with Crippen LogP contribution in [0.1, 0.15) is 45.4 Å². The van der Waals surface area contributed by atoms with Crippen LogP contribution in [0.25, 0.3) is 0 Å². The van der Waals surface area contributed by atoms with Crippen LogP contribution in [0.3, 0.4) is 0 Å². The molecular weight excluding hydrogens is 298 g/mol. The predicted molar refractivity (Wildman–Crippen MR) is 92.5 cm³/mol. The average Bonchev–Trinajstić information content (AvgIpc) is 2.54. The van der Waals surface area contributed by atoms with Gasteiger partial charge in [0, 0.05) is 30.1 Å². The lowest BCUT2D eigenvalue weighted by Crippen LogP contribution is -2.53. The molecule has 0 radical (unpaired) electrons. The number of guanidine groups is 1. The first kappa shape index (κ1) is 17.4. The van der Waals surface area contributed by atoms with Crippen molar-refractivity contribution in [2.24, 2.45) is 4.99 Å². The first-order chi connectivity index (χ1) is 10.7. The fourth-order valence-electron chi connectivity index (χ4n) is 3.31. The second-order valence-electron chi connectivity index (χ2n) is 6.08. The maximum Gasteiger partial charge on any atom is 0.307 e. The van der Waals surface area contributed by atoms with Crippen molar-refractivity contribution in [1.82, 2.24) is 10.2 Å². The summed E-state index contributed by atoms with van der Waals surface area (Å²) in [5.74, 6) is 1.93. The van der Waals surface area contributed by atoms with Crippen molar-refractivity contribution < 1.29 is 9.53 Å². The highest BCUT2D eigenvalue weighted by Crippen LogP contribution is 2.42. The number of thioether (sulfide) groups is 1. The van der Waals surface area contributed by atoms with E-state index in [0.29, 0.717) is 17.7 Å². The third-order valence-corrected chi connectivity index (χ3v) is 5.99. The predicted octanol–water partition coefficient (Wildman–Crippen LogP) is 2.27. The number of hydrogen-bond acceptors (Lipinski definition) is 4. The minimum Gasteiger partial charge on any atom is -0.469 e. The molecule has 126 valence electrons. The first-order valence-electron chi connectivity index (χ1n) is 8.43. The molecule has 0 aromatic heterocycles. The Morgan fingerprint density at radius 1 is 1.36 bits per heavy atom. The van der Waals surface area contributed by atoms with Crippen LogP contribution in [0.4, 0.5) is 0 Å². The fraction of sp³-hybridized carbons (Fsp3) is 0.875. The Balaban J connectivity index is 1.97. The van der Waals surface area contributed by atoms with Crippen LogP contribution in [-0.4, -0.2) is 60.6 Å². The summed E-state index contributed by atoms with van der Waals surface area (Å²) in [5.41, 5.74) is 0. The highest BCUT2D eigenvalue weighted by Gasteiger charge is 2.38. The monoisotopic (exact) mass is 327 g/mol. The molecule has 1 saturated heterocycles. The van der Waals surface area contributed by atoms with Crippen LogP contribution in [0.2, 0.25) is 0 Å². The lowest BCUT2D eigenvalue weighted by molar-refractivity contribution is -0.140. The number of carbonyl (C=O) groups excluding carboxylic acids is 1. The molecule has 2 aliphatic rings. The lowest BCUT2D eigenvalue weighted by Gasteiger charge is -2.45. The zero-order valence-corrected chi connectivity index (χ0v) is 14.7. The molecule has 5 nitrogen and oxygen atoms in total. The van der Waals surface area contributed by atoms with Crippen LogP contribution in [0, 0.1) is 0 Å². The molecule has 1 N–H and O–H groups in total. The molecule has 0 unspecified atom stereocenters. The molecule has 22 heavy (non-hydrogen) atoms. The Morgan fingerprint density at radius 2 is 2.14 bits per heavy atom. The highest BCUT2D eigenvalue weighted by atomic mass is 32.2. The smallest absolute Gasteiger partial charge is 0.307 e. The highest BCUT2D eigenvalue weighted by molar-refractivity contribution is 8.00. The van der Waals surface area contributed by atoms with Gasteiger partial charge in [-0.2, -0.15) is 11.8 Å². The van der Waals surface area contributed by atoms with E-state index in [4.69, 9.17) is 0 Å². The number of methoxy groups -OCH3 is 1. The van der Waals surface area contributed by atoms with Crippen molar-refractivity contribution in [3.05, 3.63) is 0 Å². The van der Waals surface area contributed by atoms with Crippen LogP contribution >= 0.6 is 11.8 Å². The zero-order chi connectivity index (χ0) is 15.8. The molecule has 0 aromatic rings. The van der Waals surface area contributed by atoms with Gasteiger partial charge in [0.25, 0.3) is 0 Å². The molecule has 0 atom stereocenters. The number of esters is 1. The summed E-state index contributed by atoms with van der Waals surface area (Å²) >= 11 is 2.16. The summed E-state index contributed by atoms with van der Waals surface area (Å²) in [7, 11) is 1.42. The summed E-state index contributed by atoms with van der Waals surface area (Å²) in [6, 6.07) is 0. The largest absolute Gasteiger partial charge is 0.469 e. The molecule has 1 aliphatic carbocycles. The fourth-order valence-corrected chi connectivity index (χ4v) is 4.87. The summed E-state index contributed by atoms with van der Waals surface area (Å²) in [5, 5.41) is 3.38. The van der Waals surface area contributed by atoms with E-state index < -0.39 is 0 Å². The number of ether oxygens (including phenoxy) is 1. The number of rotatable bonds is 4. The van der Waals surface area contributed by atoms with Crippen molar-refractivity contribution in [3.63, 3.8) is 0 Å². The minimum absolute atomic E-state index is 0.197. The van der Waals surface area contributed by atoms with E-state index >= 15 is 0 Å². The second-order valence-corrected chi connectivity index (χ2v) is 7.64. The average molecular weight is 327 g/mol. The Kier molecular flexibility index (Phi) is 6.86. The molecule has 1 heterocycles. The van der Waals surface area contributed by atoms with E-state index in [1.165, 1.54) is 45.0 Å². The van der Waals surface area contributed by atoms with Gasteiger partial charge in [0.1, 0.15) is 0 Å².